The van der Waals surface area contributed by atoms with E-state index >= 15 is 0 Å². The van der Waals surface area contributed by atoms with Gasteiger partial charge < -0.3 is 10.6 Å². The predicted octanol–water partition coefficient (Wildman–Crippen LogP) is 2.81. The van der Waals surface area contributed by atoms with Crippen molar-refractivity contribution in [3.8, 4) is 0 Å². The van der Waals surface area contributed by atoms with Crippen LogP contribution < -0.4 is 21.0 Å². The van der Waals surface area contributed by atoms with E-state index in [2.05, 4.69) is 15.4 Å². The fourth-order valence-corrected chi connectivity index (χ4v) is 4.77. The number of fused-ring (bicyclic) bond motifs is 1. The molecule has 0 fully saturated rings. The van der Waals surface area contributed by atoms with E-state index in [0.717, 1.165) is 23.1 Å². The van der Waals surface area contributed by atoms with E-state index < -0.39 is 21.8 Å². The summed E-state index contributed by atoms with van der Waals surface area (Å²) >= 11 is 1.11. The summed E-state index contributed by atoms with van der Waals surface area (Å²) < 4.78 is 28.2. The fourth-order valence-electron chi connectivity index (χ4n) is 3.43. The minimum atomic E-state index is -3.45. The number of nitrogens with one attached hydrogen (secondary N) is 3. The van der Waals surface area contributed by atoms with Crippen molar-refractivity contribution in [2.24, 2.45) is 14.1 Å². The molecule has 2 aromatic carbocycles. The Kier molecular flexibility index (Phi) is 6.02. The van der Waals surface area contributed by atoms with Crippen LogP contribution in [-0.2, 0) is 24.1 Å². The van der Waals surface area contributed by atoms with E-state index in [1.165, 1.54) is 21.3 Å². The molecule has 0 bridgehead atoms. The van der Waals surface area contributed by atoms with Crippen molar-refractivity contribution in [2.45, 2.75) is 0 Å². The second-order valence-corrected chi connectivity index (χ2v) is 10.3. The van der Waals surface area contributed by atoms with Gasteiger partial charge in [0.1, 0.15) is 0 Å². The molecule has 34 heavy (non-hydrogen) atoms. The summed E-state index contributed by atoms with van der Waals surface area (Å²) in [7, 11) is -0.106. The maximum Gasteiger partial charge on any atom is 0.328 e. The molecule has 176 valence electrons. The molecule has 0 saturated carbocycles. The Morgan fingerprint density at radius 1 is 0.853 bits per heavy atom. The molecule has 10 nitrogen and oxygen atoms in total. The third kappa shape index (κ3) is 4.87. The monoisotopic (exact) mass is 499 g/mol. The molecule has 0 saturated heterocycles. The number of sulfonamides is 1. The van der Waals surface area contributed by atoms with Crippen LogP contribution in [0.5, 0.6) is 0 Å². The van der Waals surface area contributed by atoms with Crippen LogP contribution >= 0.6 is 11.3 Å². The van der Waals surface area contributed by atoms with Crippen LogP contribution in [0.4, 0.5) is 17.1 Å². The summed E-state index contributed by atoms with van der Waals surface area (Å²) in [5.41, 5.74) is 2.82. The molecule has 4 aromatic rings. The summed E-state index contributed by atoms with van der Waals surface area (Å²) in [6.45, 7) is 0. The summed E-state index contributed by atoms with van der Waals surface area (Å²) in [5.74, 6) is -0.823. The van der Waals surface area contributed by atoms with E-state index in [0.29, 0.717) is 33.0 Å². The van der Waals surface area contributed by atoms with Crippen LogP contribution in [0.3, 0.4) is 0 Å². The number of hydrogen-bond acceptors (Lipinski definition) is 6. The Labute approximate surface area is 198 Å². The predicted molar refractivity (Wildman–Crippen MR) is 133 cm³/mol. The van der Waals surface area contributed by atoms with Crippen LogP contribution in [0.2, 0.25) is 0 Å². The Bertz CT molecular complexity index is 1600. The molecule has 0 radical (unpaired) electrons. The number of thiophene rings is 1. The first-order valence-electron chi connectivity index (χ1n) is 9.96. The second-order valence-electron chi connectivity index (χ2n) is 7.67. The van der Waals surface area contributed by atoms with Crippen molar-refractivity contribution in [3.63, 3.8) is 0 Å². The van der Waals surface area contributed by atoms with Crippen molar-refractivity contribution in [3.05, 3.63) is 74.8 Å². The normalized spacial score (nSPS) is 11.4. The summed E-state index contributed by atoms with van der Waals surface area (Å²) in [6, 6.07) is 12.9. The van der Waals surface area contributed by atoms with E-state index in [-0.39, 0.29) is 5.69 Å². The van der Waals surface area contributed by atoms with Gasteiger partial charge in [-0.25, -0.2) is 13.2 Å². The summed E-state index contributed by atoms with van der Waals surface area (Å²) in [6.07, 6.45) is 1.04. The first-order valence-corrected chi connectivity index (χ1v) is 12.7. The number of carbonyl (C=O) groups excluding carboxylic acids is 2. The molecule has 2 heterocycles. The molecular weight excluding hydrogens is 478 g/mol. The van der Waals surface area contributed by atoms with E-state index in [1.54, 1.807) is 55.9 Å². The van der Waals surface area contributed by atoms with Crippen LogP contribution in [0.1, 0.15) is 20.0 Å². The van der Waals surface area contributed by atoms with Crippen molar-refractivity contribution < 1.29 is 18.0 Å². The van der Waals surface area contributed by atoms with Gasteiger partial charge in [0, 0.05) is 30.9 Å². The Balaban J connectivity index is 1.47. The van der Waals surface area contributed by atoms with Gasteiger partial charge >= 0.3 is 5.69 Å². The number of carbonyl (C=O) groups is 2. The molecule has 0 atom stereocenters. The van der Waals surface area contributed by atoms with Gasteiger partial charge in [0.2, 0.25) is 10.0 Å². The summed E-state index contributed by atoms with van der Waals surface area (Å²) in [5, 5.41) is 7.05. The van der Waals surface area contributed by atoms with Gasteiger partial charge in [0.05, 0.1) is 33.4 Å². The molecule has 12 heteroatoms. The lowest BCUT2D eigenvalue weighted by molar-refractivity contribution is 0.102. The number of nitrogens with zero attached hydrogens (tertiary/aromatic N) is 2. The molecule has 0 aliphatic carbocycles. The Hall–Kier alpha value is -3.90. The third-order valence-corrected chi connectivity index (χ3v) is 6.57. The van der Waals surface area contributed by atoms with Crippen molar-refractivity contribution in [1.29, 1.82) is 0 Å². The van der Waals surface area contributed by atoms with Crippen molar-refractivity contribution >= 4 is 61.3 Å². The van der Waals surface area contributed by atoms with Gasteiger partial charge in [-0.3, -0.25) is 23.4 Å². The van der Waals surface area contributed by atoms with Gasteiger partial charge in [-0.1, -0.05) is 6.07 Å². The number of imidazole rings is 1. The Morgan fingerprint density at radius 2 is 1.50 bits per heavy atom. The highest BCUT2D eigenvalue weighted by atomic mass is 32.2. The van der Waals surface area contributed by atoms with Crippen LogP contribution in [0, 0.1) is 0 Å². The molecule has 4 rings (SSSR count). The maximum atomic E-state index is 12.7. The van der Waals surface area contributed by atoms with Gasteiger partial charge in [-0.2, -0.15) is 0 Å². The highest BCUT2D eigenvalue weighted by molar-refractivity contribution is 7.92. The minimum absolute atomic E-state index is 0.162. The molecular formula is C22H21N5O5S2. The SMILES string of the molecule is Cn1c(=O)n(C)c2cc(NC(=O)c3csc(C(=O)Nc4cccc(NS(C)(=O)=O)c4)c3)ccc21. The number of aryl methyl sites for hydroxylation is 2. The first-order chi connectivity index (χ1) is 16.0. The quantitative estimate of drug-likeness (QED) is 0.375. The topological polar surface area (TPSA) is 131 Å². The molecule has 3 N–H and O–H groups in total. The van der Waals surface area contributed by atoms with E-state index in [1.807, 2.05) is 0 Å². The highest BCUT2D eigenvalue weighted by Gasteiger charge is 2.15. The maximum absolute atomic E-state index is 12.7. The van der Waals surface area contributed by atoms with Gasteiger partial charge in [-0.05, 0) is 42.5 Å². The number of rotatable bonds is 6. The lowest BCUT2D eigenvalue weighted by Crippen LogP contribution is -2.19. The standard InChI is InChI=1S/C22H21N5O5S2/c1-26-17-8-7-15(11-18(17)27(2)22(26)30)23-20(28)13-9-19(33-12-13)21(29)24-14-5-4-6-16(10-14)25-34(3,31)32/h4-12,25H,1-3H3,(H,23,28)(H,24,29). The van der Waals surface area contributed by atoms with Crippen LogP contribution in [0.25, 0.3) is 11.0 Å². The zero-order valence-corrected chi connectivity index (χ0v) is 20.1. The van der Waals surface area contributed by atoms with Gasteiger partial charge in [0.15, 0.2) is 0 Å². The van der Waals surface area contributed by atoms with Gasteiger partial charge in [0.25, 0.3) is 11.8 Å². The number of aromatic nitrogens is 2. The average molecular weight is 500 g/mol. The first kappa shape index (κ1) is 23.3. The lowest BCUT2D eigenvalue weighted by atomic mass is 10.2. The molecule has 0 unspecified atom stereocenters. The van der Waals surface area contributed by atoms with Crippen molar-refractivity contribution in [2.75, 3.05) is 21.6 Å². The fraction of sp³-hybridized carbons (Fsp3) is 0.136. The second kappa shape index (κ2) is 8.80. The molecule has 0 spiro atoms. The Morgan fingerprint density at radius 3 is 2.24 bits per heavy atom. The highest BCUT2D eigenvalue weighted by Crippen LogP contribution is 2.22. The van der Waals surface area contributed by atoms with Crippen LogP contribution in [0.15, 0.2) is 58.7 Å². The third-order valence-electron chi connectivity index (χ3n) is 5.04. The smallest absolute Gasteiger partial charge is 0.322 e. The number of amides is 2. The molecule has 2 amide bonds. The molecule has 2 aromatic heterocycles. The van der Waals surface area contributed by atoms with E-state index in [4.69, 9.17) is 0 Å². The van der Waals surface area contributed by atoms with Crippen molar-refractivity contribution in [1.82, 2.24) is 9.13 Å². The zero-order valence-electron chi connectivity index (χ0n) is 18.4. The minimum Gasteiger partial charge on any atom is -0.322 e. The average Bonchev–Trinajstić information content (AvgIpc) is 3.34. The number of anilines is 3. The molecule has 0 aliphatic rings. The van der Waals surface area contributed by atoms with Crippen LogP contribution in [-0.4, -0.2) is 35.6 Å². The number of benzene rings is 2. The van der Waals surface area contributed by atoms with E-state index in [9.17, 15) is 22.8 Å². The lowest BCUT2D eigenvalue weighted by Gasteiger charge is -2.07. The zero-order chi connectivity index (χ0) is 24.6. The summed E-state index contributed by atoms with van der Waals surface area (Å²) in [4.78, 5) is 37.7. The van der Waals surface area contributed by atoms with Gasteiger partial charge in [-0.15, -0.1) is 11.3 Å². The largest absolute Gasteiger partial charge is 0.328 e. The molecule has 0 aliphatic heterocycles. The number of hydrogen-bond donors (Lipinski definition) is 3.